The highest BCUT2D eigenvalue weighted by Gasteiger charge is 2.35. The molecule has 1 heterocycles. The average molecular weight is 186 g/mol. The lowest BCUT2D eigenvalue weighted by Gasteiger charge is -2.34. The van der Waals surface area contributed by atoms with Crippen LogP contribution in [-0.2, 0) is 9.53 Å². The molecule has 0 saturated carbocycles. The molecular weight excluding hydrogens is 168 g/mol. The highest BCUT2D eigenvalue weighted by atomic mass is 16.5. The second kappa shape index (κ2) is 4.09. The predicted molar refractivity (Wildman–Crippen MR) is 49.1 cm³/mol. The van der Waals surface area contributed by atoms with Gasteiger partial charge in [0.05, 0.1) is 5.92 Å². The maximum Gasteiger partial charge on any atom is 0.308 e. The fourth-order valence-electron chi connectivity index (χ4n) is 1.94. The van der Waals surface area contributed by atoms with Crippen LogP contribution in [0.15, 0.2) is 0 Å². The minimum atomic E-state index is -0.122. The third-order valence-electron chi connectivity index (χ3n) is 2.79. The molecular formula is C10H18O3. The summed E-state index contributed by atoms with van der Waals surface area (Å²) >= 11 is 0. The summed E-state index contributed by atoms with van der Waals surface area (Å²) in [6, 6.07) is 0. The fourth-order valence-corrected chi connectivity index (χ4v) is 1.94. The zero-order valence-electron chi connectivity index (χ0n) is 8.49. The number of hydrogen-bond acceptors (Lipinski definition) is 3. The van der Waals surface area contributed by atoms with Crippen LogP contribution in [0.25, 0.3) is 0 Å². The Bertz CT molecular complexity index is 191. The number of rotatable bonds is 2. The van der Waals surface area contributed by atoms with Gasteiger partial charge in [-0.05, 0) is 12.3 Å². The number of hydrogen-bond donors (Lipinski definition) is 1. The maximum absolute atomic E-state index is 11.3. The van der Waals surface area contributed by atoms with Crippen molar-refractivity contribution >= 4 is 5.97 Å². The summed E-state index contributed by atoms with van der Waals surface area (Å²) in [6.07, 6.45) is 0.766. The third kappa shape index (κ3) is 2.21. The first-order chi connectivity index (χ1) is 6.06. The van der Waals surface area contributed by atoms with E-state index in [2.05, 4.69) is 6.92 Å². The average Bonchev–Trinajstić information content (AvgIpc) is 2.10. The number of aliphatic hydroxyl groups is 1. The largest absolute Gasteiger partial charge is 0.462 e. The van der Waals surface area contributed by atoms with Crippen LogP contribution < -0.4 is 0 Å². The van der Waals surface area contributed by atoms with E-state index >= 15 is 0 Å². The first kappa shape index (κ1) is 10.5. The van der Waals surface area contributed by atoms with Crippen molar-refractivity contribution in [2.75, 3.05) is 6.61 Å². The van der Waals surface area contributed by atoms with Gasteiger partial charge in [-0.3, -0.25) is 4.79 Å². The number of ether oxygens (including phenoxy) is 1. The van der Waals surface area contributed by atoms with E-state index in [9.17, 15) is 4.79 Å². The molecule has 0 amide bonds. The third-order valence-corrected chi connectivity index (χ3v) is 2.79. The van der Waals surface area contributed by atoms with Gasteiger partial charge >= 0.3 is 5.97 Å². The molecule has 1 aliphatic rings. The standard InChI is InChI=1S/C10H18O3/c1-6-4-7(2)10(12)13-9(6)8(3)5-11/h6-9,11H,4-5H2,1-3H3/t6-,7+,8-,9-/m0/s1. The van der Waals surface area contributed by atoms with E-state index in [1.54, 1.807) is 0 Å². The van der Waals surface area contributed by atoms with Crippen LogP contribution in [0.2, 0.25) is 0 Å². The molecule has 0 unspecified atom stereocenters. The van der Waals surface area contributed by atoms with Crippen LogP contribution in [-0.4, -0.2) is 23.8 Å². The number of carbonyl (C=O) groups is 1. The van der Waals surface area contributed by atoms with Crippen molar-refractivity contribution in [2.45, 2.75) is 33.3 Å². The van der Waals surface area contributed by atoms with Crippen LogP contribution in [0.4, 0.5) is 0 Å². The SMILES string of the molecule is C[C@@H]1C[C@H](C)[C@@H]([C@@H](C)CO)OC1=O. The zero-order valence-corrected chi connectivity index (χ0v) is 8.49. The van der Waals surface area contributed by atoms with Gasteiger partial charge in [0.1, 0.15) is 6.10 Å². The summed E-state index contributed by atoms with van der Waals surface area (Å²) in [7, 11) is 0. The van der Waals surface area contributed by atoms with Crippen LogP contribution in [0, 0.1) is 17.8 Å². The molecule has 0 bridgehead atoms. The molecule has 0 aromatic carbocycles. The van der Waals surface area contributed by atoms with Gasteiger partial charge < -0.3 is 9.84 Å². The molecule has 1 N–H and O–H groups in total. The Morgan fingerprint density at radius 1 is 1.62 bits per heavy atom. The molecule has 0 aromatic heterocycles. The molecule has 1 rings (SSSR count). The summed E-state index contributed by atoms with van der Waals surface area (Å²) in [5.41, 5.74) is 0. The molecule has 13 heavy (non-hydrogen) atoms. The van der Waals surface area contributed by atoms with Crippen molar-refractivity contribution in [2.24, 2.45) is 17.8 Å². The maximum atomic E-state index is 11.3. The van der Waals surface area contributed by atoms with E-state index < -0.39 is 0 Å². The summed E-state index contributed by atoms with van der Waals surface area (Å²) < 4.78 is 5.26. The Morgan fingerprint density at radius 2 is 2.23 bits per heavy atom. The Balaban J connectivity index is 2.61. The molecule has 3 nitrogen and oxygen atoms in total. The fraction of sp³-hybridized carbons (Fsp3) is 0.900. The molecule has 0 aliphatic carbocycles. The molecule has 3 heteroatoms. The second-order valence-electron chi connectivity index (χ2n) is 4.18. The Kier molecular flexibility index (Phi) is 3.31. The topological polar surface area (TPSA) is 46.5 Å². The van der Waals surface area contributed by atoms with Crippen molar-refractivity contribution < 1.29 is 14.6 Å². The first-order valence-corrected chi connectivity index (χ1v) is 4.87. The molecule has 0 aromatic rings. The van der Waals surface area contributed by atoms with Crippen molar-refractivity contribution in [3.63, 3.8) is 0 Å². The number of esters is 1. The smallest absolute Gasteiger partial charge is 0.308 e. The van der Waals surface area contributed by atoms with Gasteiger partial charge in [-0.15, -0.1) is 0 Å². The van der Waals surface area contributed by atoms with E-state index in [4.69, 9.17) is 9.84 Å². The summed E-state index contributed by atoms with van der Waals surface area (Å²) in [5, 5.41) is 8.97. The molecule has 1 fully saturated rings. The van der Waals surface area contributed by atoms with Crippen LogP contribution in [0.5, 0.6) is 0 Å². The lowest BCUT2D eigenvalue weighted by Crippen LogP contribution is -2.40. The quantitative estimate of drug-likeness (QED) is 0.659. The number of cyclic esters (lactones) is 1. The summed E-state index contributed by atoms with van der Waals surface area (Å²) in [4.78, 5) is 11.3. The highest BCUT2D eigenvalue weighted by Crippen LogP contribution is 2.29. The van der Waals surface area contributed by atoms with Crippen molar-refractivity contribution in [3.8, 4) is 0 Å². The monoisotopic (exact) mass is 186 g/mol. The van der Waals surface area contributed by atoms with Gasteiger partial charge in [0, 0.05) is 12.5 Å². The van der Waals surface area contributed by atoms with Crippen LogP contribution in [0.3, 0.4) is 0 Å². The van der Waals surface area contributed by atoms with Crippen LogP contribution >= 0.6 is 0 Å². The predicted octanol–water partition coefficient (Wildman–Crippen LogP) is 1.20. The minimum absolute atomic E-state index is 0.0112. The number of carbonyl (C=O) groups excluding carboxylic acids is 1. The van der Waals surface area contributed by atoms with Gasteiger partial charge in [0.2, 0.25) is 0 Å². The second-order valence-corrected chi connectivity index (χ2v) is 4.18. The molecule has 0 radical (unpaired) electrons. The molecule has 76 valence electrons. The number of aliphatic hydroxyl groups excluding tert-OH is 1. The van der Waals surface area contributed by atoms with Crippen molar-refractivity contribution in [1.29, 1.82) is 0 Å². The zero-order chi connectivity index (χ0) is 10.0. The van der Waals surface area contributed by atoms with E-state index in [0.29, 0.717) is 5.92 Å². The lowest BCUT2D eigenvalue weighted by atomic mass is 9.84. The minimum Gasteiger partial charge on any atom is -0.462 e. The van der Waals surface area contributed by atoms with Crippen molar-refractivity contribution in [3.05, 3.63) is 0 Å². The molecule has 1 saturated heterocycles. The van der Waals surface area contributed by atoms with Gasteiger partial charge in [-0.25, -0.2) is 0 Å². The van der Waals surface area contributed by atoms with Crippen molar-refractivity contribution in [1.82, 2.24) is 0 Å². The van der Waals surface area contributed by atoms with Gasteiger partial charge in [0.25, 0.3) is 0 Å². The van der Waals surface area contributed by atoms with E-state index in [1.165, 1.54) is 0 Å². The van der Waals surface area contributed by atoms with E-state index in [0.717, 1.165) is 6.42 Å². The normalized spacial score (nSPS) is 36.9. The Hall–Kier alpha value is -0.570. The molecule has 4 atom stereocenters. The van der Waals surface area contributed by atoms with E-state index in [-0.39, 0.29) is 30.5 Å². The summed E-state index contributed by atoms with van der Waals surface area (Å²) in [6.45, 7) is 5.94. The van der Waals surface area contributed by atoms with E-state index in [1.807, 2.05) is 13.8 Å². The molecule has 0 spiro atoms. The highest BCUT2D eigenvalue weighted by molar-refractivity contribution is 5.73. The van der Waals surface area contributed by atoms with Gasteiger partial charge in [0.15, 0.2) is 0 Å². The lowest BCUT2D eigenvalue weighted by molar-refractivity contribution is -0.169. The summed E-state index contributed by atoms with van der Waals surface area (Å²) in [5.74, 6) is 0.293. The first-order valence-electron chi connectivity index (χ1n) is 4.87. The van der Waals surface area contributed by atoms with Crippen LogP contribution in [0.1, 0.15) is 27.2 Å². The van der Waals surface area contributed by atoms with Gasteiger partial charge in [-0.1, -0.05) is 20.8 Å². The Labute approximate surface area is 79.1 Å². The van der Waals surface area contributed by atoms with Gasteiger partial charge in [-0.2, -0.15) is 0 Å². The molecule has 1 aliphatic heterocycles. The Morgan fingerprint density at radius 3 is 2.77 bits per heavy atom.